The summed E-state index contributed by atoms with van der Waals surface area (Å²) in [5.41, 5.74) is 1.28. The Morgan fingerprint density at radius 3 is 2.95 bits per heavy atom. The summed E-state index contributed by atoms with van der Waals surface area (Å²) in [7, 11) is 0. The van der Waals surface area contributed by atoms with Crippen LogP contribution >= 0.6 is 15.9 Å². The highest BCUT2D eigenvalue weighted by Crippen LogP contribution is 2.39. The van der Waals surface area contributed by atoms with Crippen molar-refractivity contribution in [3.05, 3.63) is 28.2 Å². The Morgan fingerprint density at radius 1 is 1.21 bits per heavy atom. The van der Waals surface area contributed by atoms with E-state index < -0.39 is 0 Å². The molecule has 2 saturated heterocycles. The number of hydrogen-bond acceptors (Lipinski definition) is 3. The van der Waals surface area contributed by atoms with Crippen LogP contribution in [0, 0.1) is 0 Å². The van der Waals surface area contributed by atoms with Gasteiger partial charge in [0.1, 0.15) is 5.75 Å². The molecular formula is C15H18BrNO2. The van der Waals surface area contributed by atoms with Gasteiger partial charge in [-0.25, -0.2) is 0 Å². The third kappa shape index (κ3) is 2.20. The number of hydrogen-bond donors (Lipinski definition) is 1. The fraction of sp³-hybridized carbons (Fsp3) is 0.600. The fourth-order valence-corrected chi connectivity index (χ4v) is 3.99. The lowest BCUT2D eigenvalue weighted by atomic mass is 9.92. The van der Waals surface area contributed by atoms with Crippen molar-refractivity contribution in [2.24, 2.45) is 0 Å². The first kappa shape index (κ1) is 12.2. The Balaban J connectivity index is 1.55. The summed E-state index contributed by atoms with van der Waals surface area (Å²) < 4.78 is 12.8. The summed E-state index contributed by atoms with van der Waals surface area (Å²) in [4.78, 5) is 0. The van der Waals surface area contributed by atoms with E-state index in [9.17, 15) is 0 Å². The Morgan fingerprint density at radius 2 is 2.16 bits per heavy atom. The van der Waals surface area contributed by atoms with Gasteiger partial charge in [0.15, 0.2) is 0 Å². The van der Waals surface area contributed by atoms with E-state index in [2.05, 4.69) is 33.4 Å². The van der Waals surface area contributed by atoms with Gasteiger partial charge in [-0.3, -0.25) is 0 Å². The van der Waals surface area contributed by atoms with Crippen LogP contribution in [0.3, 0.4) is 0 Å². The van der Waals surface area contributed by atoms with Gasteiger partial charge in [0.2, 0.25) is 0 Å². The Bertz CT molecular complexity index is 493. The minimum absolute atomic E-state index is 0.397. The highest BCUT2D eigenvalue weighted by Gasteiger charge is 2.41. The summed E-state index contributed by atoms with van der Waals surface area (Å²) in [6, 6.07) is 7.20. The molecule has 1 aromatic rings. The summed E-state index contributed by atoms with van der Waals surface area (Å²) in [5.74, 6) is 1.02. The van der Waals surface area contributed by atoms with E-state index in [1.165, 1.54) is 24.8 Å². The topological polar surface area (TPSA) is 30.5 Å². The van der Waals surface area contributed by atoms with Gasteiger partial charge in [0.05, 0.1) is 18.8 Å². The van der Waals surface area contributed by atoms with Crippen LogP contribution in [-0.2, 0) is 4.74 Å². The van der Waals surface area contributed by atoms with E-state index in [-0.39, 0.29) is 0 Å². The van der Waals surface area contributed by atoms with E-state index in [0.29, 0.717) is 24.3 Å². The zero-order valence-electron chi connectivity index (χ0n) is 10.8. The number of fused-ring (bicyclic) bond motifs is 3. The van der Waals surface area contributed by atoms with E-state index in [1.54, 1.807) is 0 Å². The molecule has 0 spiro atoms. The van der Waals surface area contributed by atoms with Gasteiger partial charge < -0.3 is 14.8 Å². The molecule has 0 radical (unpaired) electrons. The zero-order chi connectivity index (χ0) is 12.8. The maximum atomic E-state index is 5.94. The predicted molar refractivity (Wildman–Crippen MR) is 76.4 cm³/mol. The van der Waals surface area contributed by atoms with Crippen molar-refractivity contribution in [3.8, 4) is 5.75 Å². The average Bonchev–Trinajstić information content (AvgIpc) is 3.02. The molecule has 102 valence electrons. The molecule has 2 bridgehead atoms. The SMILES string of the molecule is Brc1ccc2c(c1)C(NC1CC3CCC1O3)CCO2. The number of benzene rings is 1. The lowest BCUT2D eigenvalue weighted by Gasteiger charge is -2.31. The van der Waals surface area contributed by atoms with Crippen molar-refractivity contribution >= 4 is 15.9 Å². The molecule has 1 N–H and O–H groups in total. The highest BCUT2D eigenvalue weighted by atomic mass is 79.9. The molecule has 3 nitrogen and oxygen atoms in total. The molecule has 0 aliphatic carbocycles. The second kappa shape index (κ2) is 4.76. The van der Waals surface area contributed by atoms with Crippen LogP contribution in [0.1, 0.15) is 37.3 Å². The molecular weight excluding hydrogens is 306 g/mol. The standard InChI is InChI=1S/C15H18BrNO2/c16-9-1-3-14-11(7-9)12(5-6-18-14)17-13-8-10-2-4-15(13)19-10/h1,3,7,10,12-13,15,17H,2,4-6,8H2. The second-order valence-corrected chi connectivity index (χ2v) is 6.67. The Labute approximate surface area is 121 Å². The third-order valence-electron chi connectivity index (χ3n) is 4.53. The fourth-order valence-electron chi connectivity index (χ4n) is 3.61. The third-order valence-corrected chi connectivity index (χ3v) is 5.03. The van der Waals surface area contributed by atoms with Gasteiger partial charge in [-0.05, 0) is 37.5 Å². The monoisotopic (exact) mass is 323 g/mol. The van der Waals surface area contributed by atoms with E-state index in [1.807, 2.05) is 6.07 Å². The van der Waals surface area contributed by atoms with Crippen molar-refractivity contribution in [1.82, 2.24) is 5.32 Å². The molecule has 4 unspecified atom stereocenters. The summed E-state index contributed by atoms with van der Waals surface area (Å²) in [5, 5.41) is 3.81. The minimum Gasteiger partial charge on any atom is -0.493 e. The summed E-state index contributed by atoms with van der Waals surface area (Å²) in [6.07, 6.45) is 5.62. The van der Waals surface area contributed by atoms with Gasteiger partial charge >= 0.3 is 0 Å². The minimum atomic E-state index is 0.397. The van der Waals surface area contributed by atoms with Gasteiger partial charge in [-0.2, -0.15) is 0 Å². The van der Waals surface area contributed by atoms with Crippen molar-refractivity contribution in [3.63, 3.8) is 0 Å². The van der Waals surface area contributed by atoms with Crippen LogP contribution < -0.4 is 10.1 Å². The van der Waals surface area contributed by atoms with Crippen molar-refractivity contribution in [2.45, 2.75) is 50.0 Å². The number of halogens is 1. The molecule has 1 aromatic carbocycles. The molecule has 4 heteroatoms. The molecule has 19 heavy (non-hydrogen) atoms. The number of rotatable bonds is 2. The summed E-state index contributed by atoms with van der Waals surface area (Å²) >= 11 is 3.56. The molecule has 0 amide bonds. The maximum absolute atomic E-state index is 5.94. The molecule has 0 saturated carbocycles. The van der Waals surface area contributed by atoms with E-state index in [4.69, 9.17) is 9.47 Å². The van der Waals surface area contributed by atoms with Crippen LogP contribution in [-0.4, -0.2) is 24.9 Å². The normalized spacial score (nSPS) is 36.1. The Kier molecular flexibility index (Phi) is 3.05. The van der Waals surface area contributed by atoms with Gasteiger partial charge in [0.25, 0.3) is 0 Å². The summed E-state index contributed by atoms with van der Waals surface area (Å²) in [6.45, 7) is 0.800. The molecule has 2 fully saturated rings. The quantitative estimate of drug-likeness (QED) is 0.906. The largest absolute Gasteiger partial charge is 0.493 e. The van der Waals surface area contributed by atoms with Gasteiger partial charge in [-0.1, -0.05) is 15.9 Å². The molecule has 3 aliphatic rings. The first-order chi connectivity index (χ1) is 9.29. The smallest absolute Gasteiger partial charge is 0.124 e. The van der Waals surface area contributed by atoms with Crippen LogP contribution in [0.2, 0.25) is 0 Å². The van der Waals surface area contributed by atoms with Crippen molar-refractivity contribution in [1.29, 1.82) is 0 Å². The van der Waals surface area contributed by atoms with Crippen LogP contribution in [0.5, 0.6) is 5.75 Å². The first-order valence-corrected chi connectivity index (χ1v) is 7.92. The second-order valence-electron chi connectivity index (χ2n) is 5.75. The maximum Gasteiger partial charge on any atom is 0.124 e. The molecule has 0 aromatic heterocycles. The van der Waals surface area contributed by atoms with Crippen molar-refractivity contribution in [2.75, 3.05) is 6.61 Å². The predicted octanol–water partition coefficient (Wildman–Crippen LogP) is 3.18. The molecule has 3 heterocycles. The number of nitrogens with one attached hydrogen (secondary N) is 1. The van der Waals surface area contributed by atoms with Crippen LogP contribution in [0.15, 0.2) is 22.7 Å². The van der Waals surface area contributed by atoms with Gasteiger partial charge in [-0.15, -0.1) is 0 Å². The molecule has 4 atom stereocenters. The van der Waals surface area contributed by atoms with E-state index >= 15 is 0 Å². The molecule has 4 rings (SSSR count). The van der Waals surface area contributed by atoms with Crippen molar-refractivity contribution < 1.29 is 9.47 Å². The first-order valence-electron chi connectivity index (χ1n) is 7.13. The van der Waals surface area contributed by atoms with Crippen LogP contribution in [0.25, 0.3) is 0 Å². The zero-order valence-corrected chi connectivity index (χ0v) is 12.4. The highest BCUT2D eigenvalue weighted by molar-refractivity contribution is 9.10. The van der Waals surface area contributed by atoms with Crippen LogP contribution in [0.4, 0.5) is 0 Å². The van der Waals surface area contributed by atoms with E-state index in [0.717, 1.165) is 23.2 Å². The van der Waals surface area contributed by atoms with Gasteiger partial charge in [0, 0.05) is 28.5 Å². The average molecular weight is 324 g/mol. The number of ether oxygens (including phenoxy) is 2. The lowest BCUT2D eigenvalue weighted by molar-refractivity contribution is 0.0947. The molecule has 3 aliphatic heterocycles. The lowest BCUT2D eigenvalue weighted by Crippen LogP contribution is -2.41. The Hall–Kier alpha value is -0.580.